The number of esters is 1. The summed E-state index contributed by atoms with van der Waals surface area (Å²) in [5.74, 6) is -2.13. The minimum atomic E-state index is -0.892. The minimum absolute atomic E-state index is 0.0324. The second-order valence-electron chi connectivity index (χ2n) is 10.0. The van der Waals surface area contributed by atoms with Crippen molar-refractivity contribution in [2.45, 2.75) is 81.0 Å². The summed E-state index contributed by atoms with van der Waals surface area (Å²) in [6.45, 7) is 8.42. The molecular weight excluding hydrogens is 440 g/mol. The van der Waals surface area contributed by atoms with Crippen LogP contribution < -0.4 is 0 Å². The first-order chi connectivity index (χ1) is 15.7. The summed E-state index contributed by atoms with van der Waals surface area (Å²) in [6.07, 6.45) is 11.3. The highest BCUT2D eigenvalue weighted by molar-refractivity contribution is 8.02. The molecule has 7 nitrogen and oxygen atoms in total. The van der Waals surface area contributed by atoms with E-state index in [9.17, 15) is 19.5 Å². The number of carbonyl (C=O) groups is 3. The zero-order valence-corrected chi connectivity index (χ0v) is 20.8. The van der Waals surface area contributed by atoms with Gasteiger partial charge in [0.1, 0.15) is 6.04 Å². The van der Waals surface area contributed by atoms with E-state index >= 15 is 0 Å². The van der Waals surface area contributed by atoms with Crippen LogP contribution in [0.15, 0.2) is 24.3 Å². The first-order valence-electron chi connectivity index (χ1n) is 12.2. The Morgan fingerprint density at radius 3 is 2.58 bits per heavy atom. The van der Waals surface area contributed by atoms with Crippen molar-refractivity contribution >= 4 is 29.5 Å². The van der Waals surface area contributed by atoms with Gasteiger partial charge < -0.3 is 19.6 Å². The van der Waals surface area contributed by atoms with E-state index in [0.29, 0.717) is 19.6 Å². The lowest BCUT2D eigenvalue weighted by atomic mass is 9.74. The highest BCUT2D eigenvalue weighted by Crippen LogP contribution is 2.65. The predicted octanol–water partition coefficient (Wildman–Crippen LogP) is 2.53. The number of fused-ring (bicyclic) bond motifs is 2. The third-order valence-electron chi connectivity index (χ3n) is 7.67. The average molecular weight is 477 g/mol. The molecule has 0 aromatic rings. The van der Waals surface area contributed by atoms with Crippen LogP contribution in [0.2, 0.25) is 0 Å². The number of nitrogens with zero attached hydrogens (tertiary/aromatic N) is 2. The fourth-order valence-electron chi connectivity index (χ4n) is 6.03. The Balaban J connectivity index is 1.90. The number of hydrogen-bond donors (Lipinski definition) is 1. The number of likely N-dealkylation sites (tertiary alicyclic amines) is 1. The monoisotopic (exact) mass is 476 g/mol. The molecule has 1 unspecified atom stereocenters. The quantitative estimate of drug-likeness (QED) is 0.496. The molecule has 4 rings (SSSR count). The van der Waals surface area contributed by atoms with Crippen molar-refractivity contribution in [3.05, 3.63) is 24.3 Å². The van der Waals surface area contributed by atoms with Crippen molar-refractivity contribution in [1.82, 2.24) is 9.80 Å². The first-order valence-corrected chi connectivity index (χ1v) is 13.0. The Morgan fingerprint density at radius 1 is 1.15 bits per heavy atom. The van der Waals surface area contributed by atoms with E-state index < -0.39 is 33.4 Å². The van der Waals surface area contributed by atoms with Gasteiger partial charge in [0.25, 0.3) is 0 Å². The average Bonchev–Trinajstić information content (AvgIpc) is 3.09. The number of thioether (sulfide) groups is 1. The summed E-state index contributed by atoms with van der Waals surface area (Å²) >= 11 is 1.55. The van der Waals surface area contributed by atoms with Crippen molar-refractivity contribution < 1.29 is 24.2 Å². The maximum atomic E-state index is 14.1. The Labute approximate surface area is 200 Å². The molecule has 2 saturated heterocycles. The third-order valence-corrected chi connectivity index (χ3v) is 9.46. The van der Waals surface area contributed by atoms with Gasteiger partial charge in [-0.2, -0.15) is 0 Å². The van der Waals surface area contributed by atoms with Gasteiger partial charge in [0.15, 0.2) is 0 Å². The maximum absolute atomic E-state index is 14.1. The molecule has 182 valence electrons. The van der Waals surface area contributed by atoms with Crippen molar-refractivity contribution in [3.63, 3.8) is 0 Å². The first kappa shape index (κ1) is 24.3. The second kappa shape index (κ2) is 9.10. The van der Waals surface area contributed by atoms with Gasteiger partial charge in [-0.1, -0.05) is 31.2 Å². The van der Waals surface area contributed by atoms with E-state index in [4.69, 9.17) is 4.74 Å². The van der Waals surface area contributed by atoms with Gasteiger partial charge in [0, 0.05) is 17.3 Å². The highest BCUT2D eigenvalue weighted by Gasteiger charge is 2.74. The molecule has 1 spiro atoms. The Morgan fingerprint density at radius 2 is 1.91 bits per heavy atom. The van der Waals surface area contributed by atoms with Gasteiger partial charge in [-0.05, 0) is 46.5 Å². The van der Waals surface area contributed by atoms with Gasteiger partial charge in [0.2, 0.25) is 11.8 Å². The zero-order chi connectivity index (χ0) is 24.0. The molecule has 8 heteroatoms. The van der Waals surface area contributed by atoms with Crippen LogP contribution in [0.1, 0.15) is 53.4 Å². The lowest BCUT2D eigenvalue weighted by Crippen LogP contribution is -2.57. The van der Waals surface area contributed by atoms with Crippen LogP contribution in [0.3, 0.4) is 0 Å². The topological polar surface area (TPSA) is 87.2 Å². The van der Waals surface area contributed by atoms with Crippen LogP contribution in [0.4, 0.5) is 0 Å². The van der Waals surface area contributed by atoms with E-state index in [-0.39, 0.29) is 30.4 Å². The summed E-state index contributed by atoms with van der Waals surface area (Å²) in [5.41, 5.74) is 0. The number of aliphatic hydroxyl groups is 1. The van der Waals surface area contributed by atoms with Gasteiger partial charge >= 0.3 is 5.97 Å². The number of hydrogen-bond acceptors (Lipinski definition) is 6. The van der Waals surface area contributed by atoms with Crippen molar-refractivity contribution in [3.8, 4) is 0 Å². The van der Waals surface area contributed by atoms with Crippen LogP contribution in [-0.4, -0.2) is 80.1 Å². The third kappa shape index (κ3) is 3.73. The van der Waals surface area contributed by atoms with Gasteiger partial charge in [-0.15, -0.1) is 11.8 Å². The zero-order valence-electron chi connectivity index (χ0n) is 20.0. The van der Waals surface area contributed by atoms with Gasteiger partial charge in [-0.3, -0.25) is 14.4 Å². The molecule has 0 aromatic carbocycles. The summed E-state index contributed by atoms with van der Waals surface area (Å²) in [6, 6.07) is -1.28. The summed E-state index contributed by atoms with van der Waals surface area (Å²) in [5, 5.41) is 10.1. The molecule has 0 radical (unpaired) electrons. The number of allylic oxidation sites excluding steroid dienone is 1. The molecule has 0 bridgehead atoms. The van der Waals surface area contributed by atoms with Crippen LogP contribution in [-0.2, 0) is 19.1 Å². The largest absolute Gasteiger partial charge is 0.465 e. The van der Waals surface area contributed by atoms with Crippen molar-refractivity contribution in [1.29, 1.82) is 0 Å². The molecule has 6 atom stereocenters. The number of amides is 2. The molecule has 1 N–H and O–H groups in total. The number of ether oxygens (including phenoxy) is 1. The standard InChI is InChI=1S/C25H36N2O5S/c1-5-17(15-28)27-20-22(30)26(16(2)3)13-10-12-25(20)18(21(27)29)19-23(31)32-14-9-7-6-8-11-24(19,4)33-25/h8,10-12,16-20,28H,5-7,9,13-15H2,1-4H3/b11-8-/t17-,18-,19-,20?,24+,25-/m0/s1. The molecule has 0 aromatic heterocycles. The van der Waals surface area contributed by atoms with E-state index in [2.05, 4.69) is 12.2 Å². The number of aliphatic hydroxyl groups excluding tert-OH is 1. The fraction of sp³-hybridized carbons (Fsp3) is 0.720. The summed E-state index contributed by atoms with van der Waals surface area (Å²) in [4.78, 5) is 44.9. The molecule has 0 saturated carbocycles. The van der Waals surface area contributed by atoms with Crippen molar-refractivity contribution in [2.24, 2.45) is 11.8 Å². The molecule has 4 aliphatic heterocycles. The van der Waals surface area contributed by atoms with Crippen molar-refractivity contribution in [2.75, 3.05) is 19.8 Å². The lowest BCUT2D eigenvalue weighted by molar-refractivity contribution is -0.155. The summed E-state index contributed by atoms with van der Waals surface area (Å²) in [7, 11) is 0. The molecule has 4 aliphatic rings. The molecule has 2 fully saturated rings. The highest BCUT2D eigenvalue weighted by atomic mass is 32.2. The van der Waals surface area contributed by atoms with E-state index in [0.717, 1.165) is 19.3 Å². The number of cyclic esters (lactones) is 1. The molecule has 0 aliphatic carbocycles. The lowest BCUT2D eigenvalue weighted by Gasteiger charge is -2.40. The van der Waals surface area contributed by atoms with Crippen LogP contribution in [0.5, 0.6) is 0 Å². The fourth-order valence-corrected chi connectivity index (χ4v) is 8.17. The predicted molar refractivity (Wildman–Crippen MR) is 127 cm³/mol. The normalized spacial score (nSPS) is 38.5. The van der Waals surface area contributed by atoms with Gasteiger partial charge in [0.05, 0.1) is 35.8 Å². The molecule has 2 amide bonds. The summed E-state index contributed by atoms with van der Waals surface area (Å²) < 4.78 is 4.11. The molecule has 4 heterocycles. The molecular formula is C25H36N2O5S. The van der Waals surface area contributed by atoms with Crippen LogP contribution in [0.25, 0.3) is 0 Å². The SMILES string of the molecule is CC[C@@H](CO)N1C(=O)[C@@H]2[C@H]3C(=O)OCCCC/C=C\[C@@]3(C)S[C@@]23C=CCN(C(C)C)C(=O)C13. The van der Waals surface area contributed by atoms with E-state index in [1.165, 1.54) is 0 Å². The Kier molecular flexibility index (Phi) is 6.71. The number of rotatable bonds is 4. The maximum Gasteiger partial charge on any atom is 0.311 e. The van der Waals surface area contributed by atoms with E-state index in [1.807, 2.05) is 39.8 Å². The van der Waals surface area contributed by atoms with Gasteiger partial charge in [-0.25, -0.2) is 0 Å². The van der Waals surface area contributed by atoms with Crippen LogP contribution >= 0.6 is 11.8 Å². The smallest absolute Gasteiger partial charge is 0.311 e. The van der Waals surface area contributed by atoms with E-state index in [1.54, 1.807) is 21.6 Å². The van der Waals surface area contributed by atoms with Crippen LogP contribution in [0, 0.1) is 11.8 Å². The molecule has 33 heavy (non-hydrogen) atoms. The number of carbonyl (C=O) groups excluding carboxylic acids is 3. The Hall–Kier alpha value is -1.80. The minimum Gasteiger partial charge on any atom is -0.465 e. The second-order valence-corrected chi connectivity index (χ2v) is 11.8. The Bertz CT molecular complexity index is 869.